The molecule has 3 N–H and O–H groups in total. The van der Waals surface area contributed by atoms with Crippen molar-refractivity contribution in [2.45, 2.75) is 72.1 Å². The Morgan fingerprint density at radius 3 is 1.61 bits per heavy atom. The van der Waals surface area contributed by atoms with Crippen LogP contribution >= 0.6 is 0 Å². The van der Waals surface area contributed by atoms with Gasteiger partial charge in [0, 0.05) is 0 Å². The van der Waals surface area contributed by atoms with Crippen LogP contribution in [-0.2, 0) is 4.79 Å². The number of unbranched alkanes of at least 4 members (excludes halogenated alkanes) is 4. The van der Waals surface area contributed by atoms with Gasteiger partial charge in [-0.25, -0.2) is 0 Å². The molecule has 0 aliphatic heterocycles. The first kappa shape index (κ1) is 19.1. The van der Waals surface area contributed by atoms with E-state index in [2.05, 4.69) is 13.8 Å². The summed E-state index contributed by atoms with van der Waals surface area (Å²) >= 11 is 0. The van der Waals surface area contributed by atoms with Crippen molar-refractivity contribution in [2.75, 3.05) is 0 Å². The van der Waals surface area contributed by atoms with Crippen LogP contribution in [0.5, 0.6) is 0 Å². The monoisotopic (exact) mass is 258 g/mol. The largest absolute Gasteiger partial charge is 0.481 e. The Morgan fingerprint density at radius 2 is 1.39 bits per heavy atom. The fourth-order valence-electron chi connectivity index (χ4n) is 1.87. The molecule has 0 aliphatic carbocycles. The summed E-state index contributed by atoms with van der Waals surface area (Å²) < 4.78 is 0. The van der Waals surface area contributed by atoms with Gasteiger partial charge in [-0.2, -0.15) is 0 Å². The lowest BCUT2D eigenvalue weighted by Crippen LogP contribution is -2.27. The second-order valence-electron chi connectivity index (χ2n) is 4.89. The predicted molar refractivity (Wildman–Crippen MR) is 71.6 cm³/mol. The molecule has 5 nitrogen and oxygen atoms in total. The molecule has 0 aliphatic rings. The molecule has 0 spiro atoms. The highest BCUT2D eigenvalue weighted by Gasteiger charge is 2.31. The van der Waals surface area contributed by atoms with Crippen LogP contribution in [0.25, 0.3) is 0 Å². The van der Waals surface area contributed by atoms with Gasteiger partial charge in [-0.15, -0.1) is 0 Å². The number of hydrogen-bond donors (Lipinski definition) is 3. The molecular weight excluding hydrogens is 230 g/mol. The molecule has 0 amide bonds. The number of rotatable bonds is 9. The zero-order chi connectivity index (χ0) is 14.4. The molecule has 5 heteroatoms. The van der Waals surface area contributed by atoms with Crippen LogP contribution in [0.3, 0.4) is 0 Å². The van der Waals surface area contributed by atoms with Crippen molar-refractivity contribution in [1.29, 1.82) is 11.1 Å². The Balaban J connectivity index is 0. The van der Waals surface area contributed by atoms with Crippen molar-refractivity contribution in [3.8, 4) is 0 Å². The summed E-state index contributed by atoms with van der Waals surface area (Å²) in [5.41, 5.74) is 10.5. The Kier molecular flexibility index (Phi) is 13.0. The molecule has 0 saturated carbocycles. The number of carboxylic acid groups (broad SMARTS) is 1. The van der Waals surface area contributed by atoms with E-state index >= 15 is 0 Å². The van der Waals surface area contributed by atoms with Crippen LogP contribution in [0.15, 0.2) is 0 Å². The van der Waals surface area contributed by atoms with Crippen LogP contribution in [0.2, 0.25) is 0 Å². The van der Waals surface area contributed by atoms with Crippen molar-refractivity contribution in [1.82, 2.24) is 4.91 Å². The first-order chi connectivity index (χ1) is 8.48. The average Bonchev–Trinajstić information content (AvgIpc) is 2.30. The normalized spacial score (nSPS) is 10.2. The van der Waals surface area contributed by atoms with E-state index in [1.54, 1.807) is 0 Å². The molecule has 0 heterocycles. The minimum absolute atomic E-state index is 0.482. The van der Waals surface area contributed by atoms with Gasteiger partial charge in [0.1, 0.15) is 11.1 Å². The fraction of sp³-hybridized carbons (Fsp3) is 0.923. The van der Waals surface area contributed by atoms with Crippen LogP contribution in [0.1, 0.15) is 72.1 Å². The summed E-state index contributed by atoms with van der Waals surface area (Å²) in [4.78, 5) is 13.2. The van der Waals surface area contributed by atoms with E-state index in [1.165, 1.54) is 0 Å². The Morgan fingerprint density at radius 1 is 1.06 bits per heavy atom. The number of nitrogens with one attached hydrogen (secondary N) is 2. The minimum atomic E-state index is -0.616. The quantitative estimate of drug-likeness (QED) is 0.325. The Labute approximate surface area is 110 Å². The maximum absolute atomic E-state index is 11.2. The van der Waals surface area contributed by atoms with Gasteiger partial charge in [0.15, 0.2) is 0 Å². The lowest BCUT2D eigenvalue weighted by atomic mass is 9.80. The molecule has 106 valence electrons. The third-order valence-electron chi connectivity index (χ3n) is 3.18. The molecule has 0 bridgehead atoms. The number of carbonyl (C=O) groups is 1. The molecular formula is C13H28N3O2+. The molecule has 0 atom stereocenters. The second-order valence-corrected chi connectivity index (χ2v) is 4.89. The molecule has 0 saturated heterocycles. The first-order valence-electron chi connectivity index (χ1n) is 6.75. The van der Waals surface area contributed by atoms with Gasteiger partial charge in [0.2, 0.25) is 4.91 Å². The highest BCUT2D eigenvalue weighted by molar-refractivity contribution is 5.74. The number of aliphatic carboxylic acids is 1. The van der Waals surface area contributed by atoms with Gasteiger partial charge in [-0.1, -0.05) is 52.4 Å². The highest BCUT2D eigenvalue weighted by atomic mass is 16.4. The molecule has 0 fully saturated rings. The van der Waals surface area contributed by atoms with Crippen LogP contribution in [0, 0.1) is 16.5 Å². The van der Waals surface area contributed by atoms with E-state index in [0.717, 1.165) is 51.4 Å². The average molecular weight is 258 g/mol. The van der Waals surface area contributed by atoms with Crippen molar-refractivity contribution < 1.29 is 9.90 Å². The van der Waals surface area contributed by atoms with E-state index in [4.69, 9.17) is 11.1 Å². The second kappa shape index (κ2) is 12.2. The van der Waals surface area contributed by atoms with Gasteiger partial charge in [-0.05, 0) is 19.8 Å². The summed E-state index contributed by atoms with van der Waals surface area (Å²) in [6.07, 6.45) is 8.37. The van der Waals surface area contributed by atoms with E-state index in [9.17, 15) is 9.90 Å². The van der Waals surface area contributed by atoms with Gasteiger partial charge in [-0.3, -0.25) is 4.79 Å². The summed E-state index contributed by atoms with van der Waals surface area (Å²) in [7, 11) is 0. The molecule has 0 aromatic carbocycles. The van der Waals surface area contributed by atoms with Crippen LogP contribution in [0.4, 0.5) is 0 Å². The number of nitrogens with zero attached hydrogens (tertiary/aromatic N) is 1. The molecule has 0 aromatic rings. The zero-order valence-electron chi connectivity index (χ0n) is 12.0. The van der Waals surface area contributed by atoms with Crippen molar-refractivity contribution in [3.63, 3.8) is 0 Å². The van der Waals surface area contributed by atoms with Crippen molar-refractivity contribution in [3.05, 3.63) is 0 Å². The van der Waals surface area contributed by atoms with Crippen molar-refractivity contribution >= 4 is 5.97 Å². The highest BCUT2D eigenvalue weighted by Crippen LogP contribution is 2.31. The van der Waals surface area contributed by atoms with Gasteiger partial charge >= 0.3 is 5.97 Å². The predicted octanol–water partition coefficient (Wildman–Crippen LogP) is 4.35. The van der Waals surface area contributed by atoms with Crippen LogP contribution in [-0.4, -0.2) is 11.1 Å². The lowest BCUT2D eigenvalue weighted by molar-refractivity contribution is -0.149. The zero-order valence-corrected chi connectivity index (χ0v) is 12.0. The standard InChI is InChI=1S/C13H26O2.H2N3/c1-4-6-8-10-13(3,12(14)15)11-9-7-5-2;1-3-2/h4-11H2,1-3H3,(H,14,15);1-2H/q;+1. The molecule has 0 rings (SSSR count). The molecule has 0 aromatic heterocycles. The Bertz CT molecular complexity index is 239. The summed E-state index contributed by atoms with van der Waals surface area (Å²) in [5.74, 6) is -0.616. The van der Waals surface area contributed by atoms with Crippen LogP contribution < -0.4 is 4.91 Å². The smallest absolute Gasteiger partial charge is 0.309 e. The minimum Gasteiger partial charge on any atom is -0.481 e. The molecule has 0 radical (unpaired) electrons. The van der Waals surface area contributed by atoms with Crippen molar-refractivity contribution in [2.24, 2.45) is 5.41 Å². The molecule has 18 heavy (non-hydrogen) atoms. The van der Waals surface area contributed by atoms with Gasteiger partial charge < -0.3 is 5.11 Å². The Hall–Kier alpha value is -1.22. The molecule has 0 unspecified atom stereocenters. The number of carboxylic acids is 1. The van der Waals surface area contributed by atoms with Gasteiger partial charge in [0.25, 0.3) is 0 Å². The lowest BCUT2D eigenvalue weighted by Gasteiger charge is -2.24. The summed E-state index contributed by atoms with van der Waals surface area (Å²) in [5, 5.41) is 9.23. The SMILES string of the molecule is CCCCCC(C)(CCCCC)C(=O)O.N=[N+]=N. The fourth-order valence-corrected chi connectivity index (χ4v) is 1.87. The third-order valence-corrected chi connectivity index (χ3v) is 3.18. The first-order valence-corrected chi connectivity index (χ1v) is 6.75. The topological polar surface area (TPSA) is 99.1 Å². The summed E-state index contributed by atoms with van der Waals surface area (Å²) in [6.45, 7) is 6.20. The number of hydrogen-bond acceptors (Lipinski definition) is 3. The van der Waals surface area contributed by atoms with E-state index in [1.807, 2.05) is 11.8 Å². The van der Waals surface area contributed by atoms with E-state index < -0.39 is 11.4 Å². The third kappa shape index (κ3) is 9.97. The maximum atomic E-state index is 11.2. The van der Waals surface area contributed by atoms with E-state index in [0.29, 0.717) is 0 Å². The van der Waals surface area contributed by atoms with E-state index in [-0.39, 0.29) is 0 Å². The maximum Gasteiger partial charge on any atom is 0.309 e. The summed E-state index contributed by atoms with van der Waals surface area (Å²) in [6, 6.07) is 0. The van der Waals surface area contributed by atoms with Gasteiger partial charge in [0.05, 0.1) is 5.41 Å².